The van der Waals surface area contributed by atoms with Gasteiger partial charge >= 0.3 is 34.6 Å². The van der Waals surface area contributed by atoms with Gasteiger partial charge in [-0.05, 0) is 0 Å². The van der Waals surface area contributed by atoms with Crippen LogP contribution in [0.3, 0.4) is 0 Å². The van der Waals surface area contributed by atoms with Gasteiger partial charge in [0.1, 0.15) is 24.4 Å². The van der Waals surface area contributed by atoms with Gasteiger partial charge in [-0.2, -0.15) is 0 Å². The molecule has 0 aromatic rings. The number of aliphatic hydroxyl groups is 4. The maximum atomic E-state index is 10.5. The van der Waals surface area contributed by atoms with E-state index in [9.17, 15) is 19.9 Å². The third-order valence-electron chi connectivity index (χ3n) is 2.09. The van der Waals surface area contributed by atoms with Gasteiger partial charge in [0.2, 0.25) is 0 Å². The first kappa shape index (κ1) is 20.1. The molecule has 1 heterocycles. The fraction of sp³-hybridized carbons (Fsp3) is 1.00. The van der Waals surface area contributed by atoms with E-state index in [0.29, 0.717) is 0 Å². The normalized spacial score (nSPS) is 34.0. The Kier molecular flexibility index (Phi) is 8.51. The van der Waals surface area contributed by atoms with Crippen LogP contribution in [0.25, 0.3) is 0 Å². The molecule has 0 aromatic heterocycles. The molecule has 20 heavy (non-hydrogen) atoms. The number of phosphoric ester groups is 1. The van der Waals surface area contributed by atoms with Gasteiger partial charge in [-0.3, -0.25) is 4.52 Å². The van der Waals surface area contributed by atoms with Crippen molar-refractivity contribution in [2.45, 2.75) is 30.7 Å². The van der Waals surface area contributed by atoms with E-state index in [2.05, 4.69) is 9.26 Å². The summed E-state index contributed by atoms with van der Waals surface area (Å²) in [5, 5.41) is 36.6. The average molecular weight is 360 g/mol. The Balaban J connectivity index is 0.000000796. The van der Waals surface area contributed by atoms with Crippen molar-refractivity contribution in [1.82, 2.24) is 0 Å². The zero-order valence-electron chi connectivity index (χ0n) is 9.66. The van der Waals surface area contributed by atoms with Gasteiger partial charge in [0.05, 0.1) is 6.61 Å². The second kappa shape index (κ2) is 8.49. The topological polar surface area (TPSA) is 211 Å². The number of aliphatic hydroxyl groups excluding tert-OH is 4. The molecule has 1 fully saturated rings. The summed E-state index contributed by atoms with van der Waals surface area (Å²) in [7, 11) is -4.91. The summed E-state index contributed by atoms with van der Waals surface area (Å²) >= 11 is -3.69. The summed E-state index contributed by atoms with van der Waals surface area (Å²) in [6.45, 7) is -0.702. The van der Waals surface area contributed by atoms with Gasteiger partial charge in [0.15, 0.2) is 6.29 Å². The van der Waals surface area contributed by atoms with E-state index >= 15 is 0 Å². The second-order valence-corrected chi connectivity index (χ2v) is 5.47. The molecule has 1 aliphatic heterocycles. The van der Waals surface area contributed by atoms with Crippen molar-refractivity contribution in [2.75, 3.05) is 6.61 Å². The molecule has 7 N–H and O–H groups in total. The number of hydrogen-bond acceptors (Lipinski definition) is 9. The quantitative estimate of drug-likeness (QED) is 0.241. The summed E-state index contributed by atoms with van der Waals surface area (Å²) in [6.07, 6.45) is -8.25. The van der Waals surface area contributed by atoms with Gasteiger partial charge in [0, 0.05) is 0 Å². The van der Waals surface area contributed by atoms with Crippen molar-refractivity contribution in [1.29, 1.82) is 0 Å². The van der Waals surface area contributed by atoms with Gasteiger partial charge in [0.25, 0.3) is 0 Å². The van der Waals surface area contributed by atoms with Crippen LogP contribution in [-0.2, 0) is 36.6 Å². The molecule has 0 aromatic carbocycles. The molecule has 0 spiro atoms. The van der Waals surface area contributed by atoms with Crippen molar-refractivity contribution in [3.05, 3.63) is 0 Å². The van der Waals surface area contributed by atoms with Crippen molar-refractivity contribution < 1.29 is 70.8 Å². The minimum absolute atomic E-state index is 0.702. The SMILES string of the molecule is O=P(O)(O)O[C@H]1O[C@H](CO)[C@@H](O)[C@H](O)[C@H]1O.[O]=[V](=[O])[OH]. The predicted octanol–water partition coefficient (Wildman–Crippen LogP) is -3.90. The second-order valence-electron chi connectivity index (χ2n) is 3.53. The Morgan fingerprint density at radius 3 is 1.90 bits per heavy atom. The molecule has 0 radical (unpaired) electrons. The zero-order chi connectivity index (χ0) is 16.1. The molecule has 0 unspecified atom stereocenters. The van der Waals surface area contributed by atoms with Crippen LogP contribution in [0, 0.1) is 0 Å². The Bertz CT molecular complexity index is 395. The van der Waals surface area contributed by atoms with Crippen LogP contribution in [0.5, 0.6) is 0 Å². The maximum absolute atomic E-state index is 10.5. The van der Waals surface area contributed by atoms with Crippen LogP contribution in [0.1, 0.15) is 0 Å². The Morgan fingerprint density at radius 2 is 1.55 bits per heavy atom. The van der Waals surface area contributed by atoms with E-state index in [0.717, 1.165) is 0 Å². The Labute approximate surface area is 116 Å². The third-order valence-corrected chi connectivity index (χ3v) is 2.57. The number of rotatable bonds is 3. The first-order valence-electron chi connectivity index (χ1n) is 4.87. The van der Waals surface area contributed by atoms with Crippen LogP contribution in [-0.4, -0.2) is 71.6 Å². The van der Waals surface area contributed by atoms with Crippen molar-refractivity contribution >= 4 is 7.82 Å². The molecule has 5 atom stereocenters. The van der Waals surface area contributed by atoms with Crippen LogP contribution >= 0.6 is 7.82 Å². The number of hydrogen-bond donors (Lipinski definition) is 7. The Morgan fingerprint density at radius 1 is 1.10 bits per heavy atom. The summed E-state index contributed by atoms with van der Waals surface area (Å²) in [5.41, 5.74) is 0. The standard InChI is InChI=1S/C6H13O9P.H2O.2O.V/c7-1-2-3(8)4(9)5(10)6(14-2)15-16(11,12)13;;;;/h2-10H,1H2,(H2,11,12,13);1H2;;;/q;;;;+1/p-1/t2-,3-,4+,5-,6-;;;;/m1..../s1. The molecule has 0 amide bonds. The van der Waals surface area contributed by atoms with E-state index < -0.39 is 60.5 Å². The average Bonchev–Trinajstić information content (AvgIpc) is 2.27. The first-order valence-corrected chi connectivity index (χ1v) is 8.17. The van der Waals surface area contributed by atoms with E-state index in [1.165, 1.54) is 0 Å². The number of phosphoric acid groups is 1. The van der Waals surface area contributed by atoms with Gasteiger partial charge in [-0.1, -0.05) is 0 Å². The monoisotopic (exact) mass is 360 g/mol. The summed E-state index contributed by atoms with van der Waals surface area (Å²) < 4.78 is 43.7. The molecule has 1 rings (SSSR count). The van der Waals surface area contributed by atoms with Crippen LogP contribution in [0.2, 0.25) is 0 Å². The predicted molar refractivity (Wildman–Crippen MR) is 50.5 cm³/mol. The molecular weight excluding hydrogens is 346 g/mol. The van der Waals surface area contributed by atoms with Crippen LogP contribution in [0.15, 0.2) is 0 Å². The van der Waals surface area contributed by atoms with E-state index in [1.807, 2.05) is 0 Å². The molecule has 12 nitrogen and oxygen atoms in total. The molecule has 120 valence electrons. The Hall–Kier alpha value is 0.0544. The van der Waals surface area contributed by atoms with Crippen LogP contribution in [0.4, 0.5) is 0 Å². The molecule has 1 aliphatic rings. The van der Waals surface area contributed by atoms with Crippen molar-refractivity contribution in [3.8, 4) is 0 Å². The van der Waals surface area contributed by atoms with E-state index in [4.69, 9.17) is 26.3 Å². The third kappa shape index (κ3) is 7.17. The van der Waals surface area contributed by atoms with Gasteiger partial charge in [-0.25, -0.2) is 4.57 Å². The van der Waals surface area contributed by atoms with Gasteiger partial charge in [-0.15, -0.1) is 0 Å². The fourth-order valence-electron chi connectivity index (χ4n) is 1.29. The molecule has 0 saturated carbocycles. The van der Waals surface area contributed by atoms with Crippen LogP contribution < -0.4 is 0 Å². The molecule has 1 saturated heterocycles. The summed E-state index contributed by atoms with van der Waals surface area (Å²) in [6, 6.07) is 0. The van der Waals surface area contributed by atoms with E-state index in [-0.39, 0.29) is 0 Å². The summed E-state index contributed by atoms with van der Waals surface area (Å²) in [4.78, 5) is 17.0. The molecular formula is C6H14O12PV. The first-order chi connectivity index (χ1) is 8.99. The zero-order valence-corrected chi connectivity index (χ0v) is 12.0. The fourth-order valence-corrected chi connectivity index (χ4v) is 1.73. The van der Waals surface area contributed by atoms with E-state index in [1.54, 1.807) is 0 Å². The molecule has 14 heteroatoms. The van der Waals surface area contributed by atoms with Crippen molar-refractivity contribution in [3.63, 3.8) is 0 Å². The molecule has 0 bridgehead atoms. The number of ether oxygens (including phenoxy) is 1. The molecule has 0 aliphatic carbocycles. The van der Waals surface area contributed by atoms with Crippen molar-refractivity contribution in [2.24, 2.45) is 0 Å². The minimum atomic E-state index is -4.91. The summed E-state index contributed by atoms with van der Waals surface area (Å²) in [5.74, 6) is 0. The van der Waals surface area contributed by atoms with Gasteiger partial charge < -0.3 is 34.9 Å².